The lowest BCUT2D eigenvalue weighted by Gasteiger charge is -2.17. The number of benzene rings is 2. The van der Waals surface area contributed by atoms with Crippen LogP contribution in [0.25, 0.3) is 0 Å². The third-order valence-electron chi connectivity index (χ3n) is 3.83. The van der Waals surface area contributed by atoms with Crippen LogP contribution in [0.4, 0.5) is 5.69 Å². The van der Waals surface area contributed by atoms with E-state index in [1.807, 2.05) is 19.1 Å². The molecular formula is C20H26N2O5S. The fourth-order valence-electron chi connectivity index (χ4n) is 2.44. The highest BCUT2D eigenvalue weighted by Gasteiger charge is 2.21. The molecular weight excluding hydrogens is 380 g/mol. The maximum atomic E-state index is 12.5. The average Bonchev–Trinajstić information content (AvgIpc) is 2.62. The van der Waals surface area contributed by atoms with Gasteiger partial charge in [0.1, 0.15) is 11.5 Å². The van der Waals surface area contributed by atoms with Crippen LogP contribution in [0.2, 0.25) is 0 Å². The summed E-state index contributed by atoms with van der Waals surface area (Å²) in [4.78, 5) is 12.6. The van der Waals surface area contributed by atoms with E-state index in [0.717, 1.165) is 5.56 Å². The number of carbonyl (C=O) groups is 1. The summed E-state index contributed by atoms with van der Waals surface area (Å²) in [6, 6.07) is 11.4. The lowest BCUT2D eigenvalue weighted by atomic mass is 10.2. The van der Waals surface area contributed by atoms with Crippen LogP contribution in [0.15, 0.2) is 47.4 Å². The first-order chi connectivity index (χ1) is 13.1. The number of amides is 1. The number of aryl methyl sites for hydroxylation is 1. The predicted molar refractivity (Wildman–Crippen MR) is 108 cm³/mol. The van der Waals surface area contributed by atoms with E-state index in [9.17, 15) is 13.2 Å². The minimum Gasteiger partial charge on any atom is -0.495 e. The van der Waals surface area contributed by atoms with Gasteiger partial charge in [-0.3, -0.25) is 4.79 Å². The number of methoxy groups -OCH3 is 1. The Labute approximate surface area is 166 Å². The van der Waals surface area contributed by atoms with Gasteiger partial charge in [-0.25, -0.2) is 13.1 Å². The normalized spacial score (nSPS) is 12.5. The topological polar surface area (TPSA) is 93.7 Å². The molecule has 1 amide bonds. The van der Waals surface area contributed by atoms with Gasteiger partial charge < -0.3 is 14.8 Å². The van der Waals surface area contributed by atoms with Crippen molar-refractivity contribution < 1.29 is 22.7 Å². The quantitative estimate of drug-likeness (QED) is 0.703. The van der Waals surface area contributed by atoms with Crippen LogP contribution in [-0.2, 0) is 14.8 Å². The number of ether oxygens (including phenoxy) is 2. The van der Waals surface area contributed by atoms with Crippen LogP contribution < -0.4 is 19.5 Å². The maximum absolute atomic E-state index is 12.5. The van der Waals surface area contributed by atoms with Crippen molar-refractivity contribution in [3.63, 3.8) is 0 Å². The second-order valence-corrected chi connectivity index (χ2v) is 8.41. The molecule has 0 saturated heterocycles. The molecule has 1 atom stereocenters. The SMILES string of the molecule is COc1ccc(S(=O)(=O)NC(C)C)cc1NC(=O)[C@H](C)Oc1ccc(C)cc1. The van der Waals surface area contributed by atoms with Gasteiger partial charge in [-0.15, -0.1) is 0 Å². The first kappa shape index (κ1) is 21.7. The van der Waals surface area contributed by atoms with Crippen molar-refractivity contribution in [1.29, 1.82) is 0 Å². The Balaban J connectivity index is 2.20. The molecule has 7 nitrogen and oxygen atoms in total. The summed E-state index contributed by atoms with van der Waals surface area (Å²) in [7, 11) is -2.26. The number of rotatable bonds is 8. The molecule has 152 valence electrons. The van der Waals surface area contributed by atoms with E-state index in [1.165, 1.54) is 25.3 Å². The van der Waals surface area contributed by atoms with Crippen LogP contribution in [-0.4, -0.2) is 33.6 Å². The van der Waals surface area contributed by atoms with E-state index in [2.05, 4.69) is 10.0 Å². The van der Waals surface area contributed by atoms with Crippen molar-refractivity contribution in [2.24, 2.45) is 0 Å². The van der Waals surface area contributed by atoms with Crippen molar-refractivity contribution >= 4 is 21.6 Å². The summed E-state index contributed by atoms with van der Waals surface area (Å²) in [6.45, 7) is 7.03. The van der Waals surface area contributed by atoms with Crippen molar-refractivity contribution in [2.45, 2.75) is 44.7 Å². The zero-order valence-electron chi connectivity index (χ0n) is 16.6. The number of nitrogens with one attached hydrogen (secondary N) is 2. The molecule has 0 aliphatic rings. The maximum Gasteiger partial charge on any atom is 0.265 e. The smallest absolute Gasteiger partial charge is 0.265 e. The second-order valence-electron chi connectivity index (χ2n) is 6.70. The summed E-state index contributed by atoms with van der Waals surface area (Å²) in [6.07, 6.45) is -0.790. The zero-order chi connectivity index (χ0) is 20.9. The second kappa shape index (κ2) is 9.07. The van der Waals surface area contributed by atoms with Crippen LogP contribution >= 0.6 is 0 Å². The van der Waals surface area contributed by atoms with Gasteiger partial charge in [-0.2, -0.15) is 0 Å². The van der Waals surface area contributed by atoms with Crippen LogP contribution in [0.1, 0.15) is 26.3 Å². The number of carbonyl (C=O) groups excluding carboxylic acids is 1. The first-order valence-corrected chi connectivity index (χ1v) is 10.3. The molecule has 0 saturated carbocycles. The molecule has 2 rings (SSSR count). The van der Waals surface area contributed by atoms with Crippen molar-refractivity contribution in [3.05, 3.63) is 48.0 Å². The van der Waals surface area contributed by atoms with E-state index in [0.29, 0.717) is 11.5 Å². The monoisotopic (exact) mass is 406 g/mol. The molecule has 8 heteroatoms. The molecule has 28 heavy (non-hydrogen) atoms. The number of hydrogen-bond donors (Lipinski definition) is 2. The molecule has 0 unspecified atom stereocenters. The summed E-state index contributed by atoms with van der Waals surface area (Å²) in [5, 5.41) is 2.68. The Morgan fingerprint density at radius 2 is 1.68 bits per heavy atom. The molecule has 0 heterocycles. The van der Waals surface area contributed by atoms with E-state index in [4.69, 9.17) is 9.47 Å². The molecule has 2 aromatic rings. The fraction of sp³-hybridized carbons (Fsp3) is 0.350. The highest BCUT2D eigenvalue weighted by molar-refractivity contribution is 7.89. The van der Waals surface area contributed by atoms with Gasteiger partial charge >= 0.3 is 0 Å². The Bertz CT molecular complexity index is 924. The minimum atomic E-state index is -3.70. The first-order valence-electron chi connectivity index (χ1n) is 8.87. The van der Waals surface area contributed by atoms with E-state index >= 15 is 0 Å². The van der Waals surface area contributed by atoms with Gasteiger partial charge in [0.2, 0.25) is 10.0 Å². The van der Waals surface area contributed by atoms with Crippen LogP contribution in [0.5, 0.6) is 11.5 Å². The average molecular weight is 407 g/mol. The number of anilines is 1. The molecule has 2 N–H and O–H groups in total. The fourth-order valence-corrected chi connectivity index (χ4v) is 3.72. The molecule has 0 aliphatic heterocycles. The third kappa shape index (κ3) is 5.71. The van der Waals surface area contributed by atoms with Crippen molar-refractivity contribution in [3.8, 4) is 11.5 Å². The number of hydrogen-bond acceptors (Lipinski definition) is 5. The van der Waals surface area contributed by atoms with Crippen molar-refractivity contribution in [1.82, 2.24) is 4.72 Å². The highest BCUT2D eigenvalue weighted by atomic mass is 32.2. The van der Waals surface area contributed by atoms with E-state index in [-0.39, 0.29) is 16.6 Å². The van der Waals surface area contributed by atoms with Gasteiger partial charge in [0.25, 0.3) is 5.91 Å². The summed E-state index contributed by atoms with van der Waals surface area (Å²) < 4.78 is 38.2. The zero-order valence-corrected chi connectivity index (χ0v) is 17.5. The molecule has 0 aromatic heterocycles. The van der Waals surface area contributed by atoms with Crippen LogP contribution in [0, 0.1) is 6.92 Å². The molecule has 2 aromatic carbocycles. The molecule has 0 bridgehead atoms. The van der Waals surface area contributed by atoms with E-state index in [1.54, 1.807) is 32.9 Å². The van der Waals surface area contributed by atoms with Crippen LogP contribution in [0.3, 0.4) is 0 Å². The molecule has 0 fully saturated rings. The third-order valence-corrected chi connectivity index (χ3v) is 5.49. The summed E-state index contributed by atoms with van der Waals surface area (Å²) in [5.74, 6) is 0.488. The van der Waals surface area contributed by atoms with Gasteiger partial charge in [-0.1, -0.05) is 17.7 Å². The van der Waals surface area contributed by atoms with Crippen molar-refractivity contribution in [2.75, 3.05) is 12.4 Å². The highest BCUT2D eigenvalue weighted by Crippen LogP contribution is 2.28. The summed E-state index contributed by atoms with van der Waals surface area (Å²) in [5.41, 5.74) is 1.33. The Morgan fingerprint density at radius 1 is 1.04 bits per heavy atom. The standard InChI is InChI=1S/C20H26N2O5S/c1-13(2)22-28(24,25)17-10-11-19(26-5)18(12-17)21-20(23)15(4)27-16-8-6-14(3)7-9-16/h6-13,15,22H,1-5H3,(H,21,23)/t15-/m0/s1. The largest absolute Gasteiger partial charge is 0.495 e. The Hall–Kier alpha value is -2.58. The van der Waals surface area contributed by atoms with E-state index < -0.39 is 22.0 Å². The molecule has 0 radical (unpaired) electrons. The van der Waals surface area contributed by atoms with Gasteiger partial charge in [0.05, 0.1) is 17.7 Å². The van der Waals surface area contributed by atoms with Gasteiger partial charge in [-0.05, 0) is 58.0 Å². The molecule has 0 spiro atoms. The minimum absolute atomic E-state index is 0.0319. The number of sulfonamides is 1. The lowest BCUT2D eigenvalue weighted by molar-refractivity contribution is -0.122. The molecule has 0 aliphatic carbocycles. The predicted octanol–water partition coefficient (Wildman–Crippen LogP) is 3.10. The Kier molecular flexibility index (Phi) is 7.04. The lowest BCUT2D eigenvalue weighted by Crippen LogP contribution is -2.31. The van der Waals surface area contributed by atoms with Gasteiger partial charge in [0.15, 0.2) is 6.10 Å². The Morgan fingerprint density at radius 3 is 2.25 bits per heavy atom. The van der Waals surface area contributed by atoms with Gasteiger partial charge in [0, 0.05) is 6.04 Å². The summed E-state index contributed by atoms with van der Waals surface area (Å²) >= 11 is 0.